The SMILES string of the molecule is Cc1nc2cc(CC(C)C)cc(Br)c2o1. The van der Waals surface area contributed by atoms with Crippen molar-refractivity contribution in [2.75, 3.05) is 0 Å². The van der Waals surface area contributed by atoms with Crippen molar-refractivity contribution in [3.05, 3.63) is 28.1 Å². The molecule has 15 heavy (non-hydrogen) atoms. The zero-order valence-electron chi connectivity index (χ0n) is 9.17. The summed E-state index contributed by atoms with van der Waals surface area (Å²) in [5, 5.41) is 0. The lowest BCUT2D eigenvalue weighted by atomic mass is 10.0. The Balaban J connectivity index is 2.51. The molecule has 0 aliphatic rings. The number of hydrogen-bond donors (Lipinski definition) is 0. The number of aromatic nitrogens is 1. The van der Waals surface area contributed by atoms with Gasteiger partial charge < -0.3 is 4.42 Å². The molecular formula is C12H14BrNO. The largest absolute Gasteiger partial charge is 0.440 e. The first-order valence-corrected chi connectivity index (χ1v) is 5.91. The number of aryl methyl sites for hydroxylation is 1. The first kappa shape index (κ1) is 10.7. The van der Waals surface area contributed by atoms with Crippen LogP contribution in [0, 0.1) is 12.8 Å². The number of nitrogens with zero attached hydrogens (tertiary/aromatic N) is 1. The molecule has 0 saturated carbocycles. The predicted molar refractivity (Wildman–Crippen MR) is 65.0 cm³/mol. The molecule has 0 bridgehead atoms. The summed E-state index contributed by atoms with van der Waals surface area (Å²) in [6, 6.07) is 4.23. The highest BCUT2D eigenvalue weighted by atomic mass is 79.9. The van der Waals surface area contributed by atoms with Gasteiger partial charge in [-0.1, -0.05) is 13.8 Å². The van der Waals surface area contributed by atoms with Crippen molar-refractivity contribution < 1.29 is 4.42 Å². The van der Waals surface area contributed by atoms with Crippen LogP contribution in [0.4, 0.5) is 0 Å². The fraction of sp³-hybridized carbons (Fsp3) is 0.417. The molecule has 0 N–H and O–H groups in total. The van der Waals surface area contributed by atoms with E-state index in [1.807, 2.05) is 6.92 Å². The molecule has 80 valence electrons. The van der Waals surface area contributed by atoms with E-state index in [4.69, 9.17) is 4.42 Å². The Bertz CT molecular complexity index is 488. The fourth-order valence-electron chi connectivity index (χ4n) is 1.75. The Labute approximate surface area is 97.8 Å². The molecule has 0 aliphatic heterocycles. The Morgan fingerprint density at radius 1 is 1.40 bits per heavy atom. The maximum Gasteiger partial charge on any atom is 0.192 e. The average Bonchev–Trinajstić information content (AvgIpc) is 2.44. The van der Waals surface area contributed by atoms with Crippen molar-refractivity contribution in [2.24, 2.45) is 5.92 Å². The first-order valence-electron chi connectivity index (χ1n) is 5.12. The summed E-state index contributed by atoms with van der Waals surface area (Å²) in [5.41, 5.74) is 3.09. The molecule has 1 heterocycles. The van der Waals surface area contributed by atoms with Crippen LogP contribution in [-0.4, -0.2) is 4.98 Å². The molecule has 3 heteroatoms. The fourth-order valence-corrected chi connectivity index (χ4v) is 2.33. The lowest BCUT2D eigenvalue weighted by Gasteiger charge is -2.04. The van der Waals surface area contributed by atoms with Crippen molar-refractivity contribution >= 4 is 27.0 Å². The third kappa shape index (κ3) is 2.23. The molecule has 0 radical (unpaired) electrons. The minimum Gasteiger partial charge on any atom is -0.440 e. The highest BCUT2D eigenvalue weighted by Gasteiger charge is 2.09. The molecular weight excluding hydrogens is 254 g/mol. The van der Waals surface area contributed by atoms with Gasteiger partial charge in [0.05, 0.1) is 4.47 Å². The van der Waals surface area contributed by atoms with E-state index in [-0.39, 0.29) is 0 Å². The van der Waals surface area contributed by atoms with Crippen LogP contribution in [0.3, 0.4) is 0 Å². The number of hydrogen-bond acceptors (Lipinski definition) is 2. The molecule has 0 aliphatic carbocycles. The van der Waals surface area contributed by atoms with Crippen LogP contribution in [0.25, 0.3) is 11.1 Å². The van der Waals surface area contributed by atoms with Gasteiger partial charge in [-0.25, -0.2) is 4.98 Å². The van der Waals surface area contributed by atoms with E-state index in [2.05, 4.69) is 46.9 Å². The zero-order chi connectivity index (χ0) is 11.0. The van der Waals surface area contributed by atoms with Crippen LogP contribution in [0.5, 0.6) is 0 Å². The van der Waals surface area contributed by atoms with Gasteiger partial charge in [0.25, 0.3) is 0 Å². The number of rotatable bonds is 2. The molecule has 0 amide bonds. The molecule has 0 saturated heterocycles. The maximum atomic E-state index is 5.50. The molecule has 0 spiro atoms. The van der Waals surface area contributed by atoms with Crippen LogP contribution >= 0.6 is 15.9 Å². The molecule has 0 fully saturated rings. The van der Waals surface area contributed by atoms with Crippen molar-refractivity contribution in [1.82, 2.24) is 4.98 Å². The third-order valence-electron chi connectivity index (χ3n) is 2.26. The molecule has 1 aromatic heterocycles. The van der Waals surface area contributed by atoms with Crippen LogP contribution in [0.15, 0.2) is 21.0 Å². The summed E-state index contributed by atoms with van der Waals surface area (Å²) in [7, 11) is 0. The van der Waals surface area contributed by atoms with Gasteiger partial charge >= 0.3 is 0 Å². The lowest BCUT2D eigenvalue weighted by molar-refractivity contribution is 0.559. The van der Waals surface area contributed by atoms with Crippen molar-refractivity contribution in [2.45, 2.75) is 27.2 Å². The van der Waals surface area contributed by atoms with Gasteiger partial charge in [-0.3, -0.25) is 0 Å². The van der Waals surface area contributed by atoms with Gasteiger partial charge in [0.2, 0.25) is 0 Å². The van der Waals surface area contributed by atoms with Gasteiger partial charge in [0.1, 0.15) is 5.52 Å². The van der Waals surface area contributed by atoms with Crippen molar-refractivity contribution in [3.8, 4) is 0 Å². The van der Waals surface area contributed by atoms with E-state index in [1.54, 1.807) is 0 Å². The first-order chi connectivity index (χ1) is 7.06. The second-order valence-corrected chi connectivity index (χ2v) is 5.11. The standard InChI is InChI=1S/C12H14BrNO/c1-7(2)4-9-5-10(13)12-11(6-9)14-8(3)15-12/h5-7H,4H2,1-3H3. The summed E-state index contributed by atoms with van der Waals surface area (Å²) in [6.45, 7) is 6.30. The normalized spacial score (nSPS) is 11.5. The predicted octanol–water partition coefficient (Wildman–Crippen LogP) is 4.10. The molecule has 2 nitrogen and oxygen atoms in total. The number of benzene rings is 1. The third-order valence-corrected chi connectivity index (χ3v) is 2.84. The zero-order valence-corrected chi connectivity index (χ0v) is 10.8. The smallest absolute Gasteiger partial charge is 0.192 e. The molecule has 0 unspecified atom stereocenters. The molecule has 2 aromatic rings. The van der Waals surface area contributed by atoms with Crippen molar-refractivity contribution in [1.29, 1.82) is 0 Å². The summed E-state index contributed by atoms with van der Waals surface area (Å²) in [6.07, 6.45) is 1.07. The topological polar surface area (TPSA) is 26.0 Å². The van der Waals surface area contributed by atoms with Gasteiger partial charge in [-0.05, 0) is 46.0 Å². The van der Waals surface area contributed by atoms with Gasteiger partial charge in [0.15, 0.2) is 11.5 Å². The molecule has 2 rings (SSSR count). The van der Waals surface area contributed by atoms with Gasteiger partial charge in [-0.15, -0.1) is 0 Å². The second kappa shape index (κ2) is 3.97. The minimum atomic E-state index is 0.655. The quantitative estimate of drug-likeness (QED) is 0.819. The minimum absolute atomic E-state index is 0.655. The monoisotopic (exact) mass is 267 g/mol. The molecule has 1 aromatic carbocycles. The van der Waals surface area contributed by atoms with Crippen molar-refractivity contribution in [3.63, 3.8) is 0 Å². The van der Waals surface area contributed by atoms with Crippen LogP contribution in [-0.2, 0) is 6.42 Å². The van der Waals surface area contributed by atoms with E-state index in [9.17, 15) is 0 Å². The van der Waals surface area contributed by atoms with Gasteiger partial charge in [0, 0.05) is 6.92 Å². The average molecular weight is 268 g/mol. The number of halogens is 1. The second-order valence-electron chi connectivity index (χ2n) is 4.26. The Hall–Kier alpha value is -0.830. The number of fused-ring (bicyclic) bond motifs is 1. The van der Waals surface area contributed by atoms with Crippen LogP contribution in [0.2, 0.25) is 0 Å². The Morgan fingerprint density at radius 2 is 2.13 bits per heavy atom. The highest BCUT2D eigenvalue weighted by Crippen LogP contribution is 2.27. The Morgan fingerprint density at radius 3 is 2.80 bits per heavy atom. The van der Waals surface area contributed by atoms with Crippen LogP contribution in [0.1, 0.15) is 25.3 Å². The highest BCUT2D eigenvalue weighted by molar-refractivity contribution is 9.10. The van der Waals surface area contributed by atoms with E-state index in [0.29, 0.717) is 11.8 Å². The summed E-state index contributed by atoms with van der Waals surface area (Å²) < 4.78 is 6.50. The van der Waals surface area contributed by atoms with Gasteiger partial charge in [-0.2, -0.15) is 0 Å². The molecule has 0 atom stereocenters. The van der Waals surface area contributed by atoms with E-state index < -0.39 is 0 Å². The maximum absolute atomic E-state index is 5.50. The lowest BCUT2D eigenvalue weighted by Crippen LogP contribution is -1.93. The summed E-state index contributed by atoms with van der Waals surface area (Å²) >= 11 is 3.52. The van der Waals surface area contributed by atoms with E-state index >= 15 is 0 Å². The summed E-state index contributed by atoms with van der Waals surface area (Å²) in [5.74, 6) is 1.37. The number of oxazole rings is 1. The van der Waals surface area contributed by atoms with Crippen LogP contribution < -0.4 is 0 Å². The van der Waals surface area contributed by atoms with E-state index in [1.165, 1.54) is 5.56 Å². The Kier molecular flexibility index (Phi) is 2.83. The van der Waals surface area contributed by atoms with E-state index in [0.717, 1.165) is 22.0 Å². The summed E-state index contributed by atoms with van der Waals surface area (Å²) in [4.78, 5) is 4.35.